The lowest BCUT2D eigenvalue weighted by atomic mass is 9.88. The zero-order valence-electron chi connectivity index (χ0n) is 12.2. The Morgan fingerprint density at radius 1 is 1.36 bits per heavy atom. The van der Waals surface area contributed by atoms with Gasteiger partial charge in [-0.1, -0.05) is 24.3 Å². The van der Waals surface area contributed by atoms with Crippen LogP contribution in [0, 0.1) is 0 Å². The van der Waals surface area contributed by atoms with Crippen LogP contribution in [0.1, 0.15) is 23.7 Å². The van der Waals surface area contributed by atoms with Crippen LogP contribution in [0.25, 0.3) is 10.9 Å². The van der Waals surface area contributed by atoms with Gasteiger partial charge < -0.3 is 14.6 Å². The maximum absolute atomic E-state index is 12.3. The molecule has 1 N–H and O–H groups in total. The predicted octanol–water partition coefficient (Wildman–Crippen LogP) is 2.10. The molecule has 0 saturated carbocycles. The number of nitrogens with zero attached hydrogens (tertiary/aromatic N) is 1. The number of aromatic nitrogens is 1. The van der Waals surface area contributed by atoms with Crippen LogP contribution in [0.5, 0.6) is 0 Å². The fourth-order valence-electron chi connectivity index (χ4n) is 3.63. The number of esters is 1. The lowest BCUT2D eigenvalue weighted by molar-refractivity contribution is -0.154. The zero-order valence-corrected chi connectivity index (χ0v) is 12.2. The van der Waals surface area contributed by atoms with Gasteiger partial charge in [-0.3, -0.25) is 4.79 Å². The molecule has 0 bridgehead atoms. The summed E-state index contributed by atoms with van der Waals surface area (Å²) < 4.78 is 4.92. The molecule has 5 heteroatoms. The average molecular weight is 296 g/mol. The van der Waals surface area contributed by atoms with E-state index < -0.39 is 6.04 Å². The van der Waals surface area contributed by atoms with Crippen molar-refractivity contribution in [3.8, 4) is 0 Å². The van der Waals surface area contributed by atoms with Crippen molar-refractivity contribution in [3.05, 3.63) is 47.7 Å². The highest BCUT2D eigenvalue weighted by Crippen LogP contribution is 2.40. The summed E-state index contributed by atoms with van der Waals surface area (Å²) in [6.45, 7) is 0. The molecule has 2 aliphatic heterocycles. The number of H-pyrrole nitrogens is 1. The van der Waals surface area contributed by atoms with Crippen LogP contribution < -0.4 is 0 Å². The molecule has 2 atom stereocenters. The Hall–Kier alpha value is -2.56. The van der Waals surface area contributed by atoms with Crippen LogP contribution in [0.15, 0.2) is 36.4 Å². The Morgan fingerprint density at radius 3 is 3.00 bits per heavy atom. The average Bonchev–Trinajstić information content (AvgIpc) is 2.92. The van der Waals surface area contributed by atoms with Gasteiger partial charge in [0.15, 0.2) is 0 Å². The predicted molar refractivity (Wildman–Crippen MR) is 81.2 cm³/mol. The molecule has 5 nitrogen and oxygen atoms in total. The van der Waals surface area contributed by atoms with Crippen molar-refractivity contribution in [2.24, 2.45) is 0 Å². The number of carbonyl (C=O) groups is 2. The molecule has 2 aromatic rings. The molecule has 4 rings (SSSR count). The lowest BCUT2D eigenvalue weighted by Gasteiger charge is -2.41. The van der Waals surface area contributed by atoms with Gasteiger partial charge in [0.2, 0.25) is 5.91 Å². The summed E-state index contributed by atoms with van der Waals surface area (Å²) in [6.07, 6.45) is 4.61. The maximum atomic E-state index is 12.3. The Balaban J connectivity index is 1.92. The van der Waals surface area contributed by atoms with Crippen molar-refractivity contribution in [3.63, 3.8) is 0 Å². The number of nitrogens with one attached hydrogen (secondary N) is 1. The number of ether oxygens (including phenoxy) is 1. The van der Waals surface area contributed by atoms with Gasteiger partial charge in [-0.25, -0.2) is 4.79 Å². The molecule has 0 saturated heterocycles. The van der Waals surface area contributed by atoms with Crippen molar-refractivity contribution >= 4 is 22.8 Å². The van der Waals surface area contributed by atoms with E-state index in [0.717, 1.165) is 22.2 Å². The van der Waals surface area contributed by atoms with Crippen molar-refractivity contribution in [2.75, 3.05) is 7.11 Å². The molecule has 0 radical (unpaired) electrons. The third-order valence-electron chi connectivity index (χ3n) is 4.60. The van der Waals surface area contributed by atoms with E-state index in [1.165, 1.54) is 7.11 Å². The summed E-state index contributed by atoms with van der Waals surface area (Å²) in [6, 6.07) is 7.35. The van der Waals surface area contributed by atoms with Gasteiger partial charge in [-0.15, -0.1) is 0 Å². The highest BCUT2D eigenvalue weighted by molar-refractivity contribution is 5.95. The third-order valence-corrected chi connectivity index (χ3v) is 4.60. The van der Waals surface area contributed by atoms with Crippen LogP contribution in [-0.4, -0.2) is 34.9 Å². The summed E-state index contributed by atoms with van der Waals surface area (Å²) in [7, 11) is 1.37. The number of carbonyl (C=O) groups excluding carboxylic acids is 2. The number of rotatable bonds is 1. The monoisotopic (exact) mass is 296 g/mol. The van der Waals surface area contributed by atoms with Gasteiger partial charge >= 0.3 is 5.97 Å². The standard InChI is InChI=1S/C17H16N2O3/c1-22-17(21)14-9-11-10-5-2-3-6-12(10)18-16(11)13-7-4-8-15(20)19(13)14/h2-6,8,13-14,18H,7,9H2,1H3/t13-,14+/m1/s1. The maximum Gasteiger partial charge on any atom is 0.328 e. The number of benzene rings is 1. The molecule has 2 aliphatic rings. The number of para-hydroxylation sites is 1. The smallest absolute Gasteiger partial charge is 0.328 e. The van der Waals surface area contributed by atoms with E-state index in [-0.39, 0.29) is 17.9 Å². The van der Waals surface area contributed by atoms with Crippen molar-refractivity contribution in [2.45, 2.75) is 24.9 Å². The molecular weight excluding hydrogens is 280 g/mol. The SMILES string of the molecule is COC(=O)[C@@H]1Cc2c([nH]c3ccccc23)[C@H]2CC=CC(=O)N21. The van der Waals surface area contributed by atoms with E-state index in [2.05, 4.69) is 11.1 Å². The van der Waals surface area contributed by atoms with Gasteiger partial charge in [0, 0.05) is 23.0 Å². The first-order valence-electron chi connectivity index (χ1n) is 7.37. The number of amides is 1. The van der Waals surface area contributed by atoms with Gasteiger partial charge in [-0.2, -0.15) is 0 Å². The van der Waals surface area contributed by atoms with E-state index >= 15 is 0 Å². The fourth-order valence-corrected chi connectivity index (χ4v) is 3.63. The number of methoxy groups -OCH3 is 1. The van der Waals surface area contributed by atoms with Crippen LogP contribution in [0.3, 0.4) is 0 Å². The van der Waals surface area contributed by atoms with Gasteiger partial charge in [0.1, 0.15) is 6.04 Å². The second kappa shape index (κ2) is 4.73. The van der Waals surface area contributed by atoms with Crippen LogP contribution in [-0.2, 0) is 20.7 Å². The van der Waals surface area contributed by atoms with E-state index in [1.807, 2.05) is 24.3 Å². The van der Waals surface area contributed by atoms with Gasteiger partial charge in [0.05, 0.1) is 13.2 Å². The van der Waals surface area contributed by atoms with Crippen molar-refractivity contribution in [1.82, 2.24) is 9.88 Å². The van der Waals surface area contributed by atoms with E-state index in [4.69, 9.17) is 4.74 Å². The quantitative estimate of drug-likeness (QED) is 0.820. The van der Waals surface area contributed by atoms with E-state index in [0.29, 0.717) is 12.8 Å². The van der Waals surface area contributed by atoms with E-state index in [1.54, 1.807) is 11.0 Å². The largest absolute Gasteiger partial charge is 0.467 e. The summed E-state index contributed by atoms with van der Waals surface area (Å²) in [5.74, 6) is -0.486. The minimum atomic E-state index is -0.556. The third kappa shape index (κ3) is 1.71. The van der Waals surface area contributed by atoms with Crippen LogP contribution >= 0.6 is 0 Å². The van der Waals surface area contributed by atoms with Crippen molar-refractivity contribution in [1.29, 1.82) is 0 Å². The second-order valence-electron chi connectivity index (χ2n) is 5.71. The molecule has 112 valence electrons. The molecule has 3 heterocycles. The Labute approximate surface area is 127 Å². The number of hydrogen-bond donors (Lipinski definition) is 1. The van der Waals surface area contributed by atoms with Crippen LogP contribution in [0.2, 0.25) is 0 Å². The molecule has 22 heavy (non-hydrogen) atoms. The zero-order chi connectivity index (χ0) is 15.3. The van der Waals surface area contributed by atoms with Gasteiger partial charge in [0.25, 0.3) is 0 Å². The summed E-state index contributed by atoms with van der Waals surface area (Å²) in [5, 5.41) is 1.12. The fraction of sp³-hybridized carbons (Fsp3) is 0.294. The molecule has 0 spiro atoms. The lowest BCUT2D eigenvalue weighted by Crippen LogP contribution is -2.52. The first-order chi connectivity index (χ1) is 10.7. The Kier molecular flexibility index (Phi) is 2.82. The number of aromatic amines is 1. The topological polar surface area (TPSA) is 62.4 Å². The Bertz CT molecular complexity index is 805. The number of fused-ring (bicyclic) bond motifs is 5. The Morgan fingerprint density at radius 2 is 2.18 bits per heavy atom. The highest BCUT2D eigenvalue weighted by atomic mass is 16.5. The molecule has 1 aromatic carbocycles. The summed E-state index contributed by atoms with van der Waals surface area (Å²) in [5.41, 5.74) is 3.20. The molecule has 0 fully saturated rings. The molecular formula is C17H16N2O3. The van der Waals surface area contributed by atoms with E-state index in [9.17, 15) is 9.59 Å². The minimum Gasteiger partial charge on any atom is -0.467 e. The summed E-state index contributed by atoms with van der Waals surface area (Å²) in [4.78, 5) is 29.6. The first-order valence-corrected chi connectivity index (χ1v) is 7.37. The molecule has 0 unspecified atom stereocenters. The van der Waals surface area contributed by atoms with Gasteiger partial charge in [-0.05, 0) is 24.1 Å². The summed E-state index contributed by atoms with van der Waals surface area (Å²) >= 11 is 0. The molecule has 0 aliphatic carbocycles. The normalized spacial score (nSPS) is 23.3. The molecule has 1 aromatic heterocycles. The first kappa shape index (κ1) is 13.1. The van der Waals surface area contributed by atoms with Crippen molar-refractivity contribution < 1.29 is 14.3 Å². The number of hydrogen-bond acceptors (Lipinski definition) is 3. The second-order valence-corrected chi connectivity index (χ2v) is 5.71. The van der Waals surface area contributed by atoms with Crippen LogP contribution in [0.4, 0.5) is 0 Å². The minimum absolute atomic E-state index is 0.127. The highest BCUT2D eigenvalue weighted by Gasteiger charge is 2.43. The molecule has 1 amide bonds.